The second kappa shape index (κ2) is 10.9. The molecule has 0 saturated heterocycles. The minimum absolute atomic E-state index is 0. The summed E-state index contributed by atoms with van der Waals surface area (Å²) in [6.45, 7) is 18.4. The second-order valence-electron chi connectivity index (χ2n) is 8.80. The van der Waals surface area contributed by atoms with Crippen molar-refractivity contribution >= 4 is 12.4 Å². The maximum absolute atomic E-state index is 6.26. The molecule has 2 rings (SSSR count). The molecular weight excluding hydrogens is 366 g/mol. The Morgan fingerprint density at radius 1 is 0.857 bits per heavy atom. The topological polar surface area (TPSA) is 12.5 Å². The summed E-state index contributed by atoms with van der Waals surface area (Å²) in [6, 6.07) is 16.6. The molecular formula is C25H38ClNO. The van der Waals surface area contributed by atoms with Crippen molar-refractivity contribution in [2.45, 2.75) is 60.4 Å². The van der Waals surface area contributed by atoms with Gasteiger partial charge in [-0.15, -0.1) is 12.4 Å². The number of para-hydroxylation sites is 1. The lowest BCUT2D eigenvalue weighted by molar-refractivity contribution is 0.0879. The van der Waals surface area contributed by atoms with Crippen LogP contribution in [0.1, 0.15) is 59.6 Å². The highest BCUT2D eigenvalue weighted by Gasteiger charge is 2.32. The largest absolute Gasteiger partial charge is 0.457 e. The molecule has 0 saturated carbocycles. The first-order valence-electron chi connectivity index (χ1n) is 10.4. The van der Waals surface area contributed by atoms with E-state index in [1.807, 2.05) is 30.3 Å². The summed E-state index contributed by atoms with van der Waals surface area (Å²) in [4.78, 5) is 2.64. The average Bonchev–Trinajstić information content (AvgIpc) is 2.61. The Bertz CT molecular complexity index is 700. The highest BCUT2D eigenvalue weighted by Crippen LogP contribution is 2.37. The highest BCUT2D eigenvalue weighted by molar-refractivity contribution is 5.85. The van der Waals surface area contributed by atoms with Gasteiger partial charge in [-0.05, 0) is 61.4 Å². The van der Waals surface area contributed by atoms with Crippen molar-refractivity contribution in [3.8, 4) is 11.5 Å². The molecule has 0 amide bonds. The van der Waals surface area contributed by atoms with Gasteiger partial charge in [0.15, 0.2) is 0 Å². The quantitative estimate of drug-likeness (QED) is 0.435. The Balaban J connectivity index is 0.00000392. The molecule has 0 spiro atoms. The maximum Gasteiger partial charge on any atom is 0.130 e. The molecule has 0 aliphatic rings. The molecule has 0 fully saturated rings. The van der Waals surface area contributed by atoms with Gasteiger partial charge >= 0.3 is 0 Å². The van der Waals surface area contributed by atoms with Gasteiger partial charge in [0.25, 0.3) is 0 Å². The third-order valence-electron chi connectivity index (χ3n) is 5.08. The maximum atomic E-state index is 6.26. The van der Waals surface area contributed by atoms with Crippen LogP contribution in [0.4, 0.5) is 0 Å². The van der Waals surface area contributed by atoms with Crippen molar-refractivity contribution in [1.29, 1.82) is 0 Å². The minimum Gasteiger partial charge on any atom is -0.457 e. The van der Waals surface area contributed by atoms with E-state index in [1.54, 1.807) is 0 Å². The van der Waals surface area contributed by atoms with Gasteiger partial charge in [0.05, 0.1) is 0 Å². The summed E-state index contributed by atoms with van der Waals surface area (Å²) >= 11 is 0. The van der Waals surface area contributed by atoms with Gasteiger partial charge in [0, 0.05) is 18.6 Å². The Labute approximate surface area is 178 Å². The van der Waals surface area contributed by atoms with Crippen molar-refractivity contribution in [2.24, 2.45) is 11.8 Å². The van der Waals surface area contributed by atoms with Gasteiger partial charge in [-0.3, -0.25) is 4.90 Å². The van der Waals surface area contributed by atoms with E-state index in [0.717, 1.165) is 31.0 Å². The minimum atomic E-state index is -0.0457. The molecule has 0 heterocycles. The lowest BCUT2D eigenvalue weighted by Crippen LogP contribution is -2.46. The van der Waals surface area contributed by atoms with Crippen LogP contribution in [0.15, 0.2) is 48.5 Å². The molecule has 2 aromatic rings. The molecule has 0 N–H and O–H groups in total. The van der Waals surface area contributed by atoms with Crippen LogP contribution < -0.4 is 4.74 Å². The van der Waals surface area contributed by atoms with Crippen LogP contribution in [-0.4, -0.2) is 18.0 Å². The van der Waals surface area contributed by atoms with Crippen LogP contribution in [0.25, 0.3) is 0 Å². The molecule has 2 nitrogen and oxygen atoms in total. The highest BCUT2D eigenvalue weighted by atomic mass is 35.5. The summed E-state index contributed by atoms with van der Waals surface area (Å²) in [5, 5.41) is 0. The van der Waals surface area contributed by atoms with E-state index in [-0.39, 0.29) is 17.9 Å². The first-order chi connectivity index (χ1) is 12.8. The van der Waals surface area contributed by atoms with E-state index in [0.29, 0.717) is 11.8 Å². The third-order valence-corrected chi connectivity index (χ3v) is 5.08. The van der Waals surface area contributed by atoms with Gasteiger partial charge in [-0.25, -0.2) is 0 Å². The second-order valence-corrected chi connectivity index (χ2v) is 8.80. The number of hydrogen-bond donors (Lipinski definition) is 0. The van der Waals surface area contributed by atoms with E-state index < -0.39 is 0 Å². The molecule has 0 aliphatic carbocycles. The Morgan fingerprint density at radius 3 is 1.93 bits per heavy atom. The van der Waals surface area contributed by atoms with E-state index >= 15 is 0 Å². The van der Waals surface area contributed by atoms with Crippen LogP contribution in [-0.2, 0) is 12.0 Å². The number of rotatable bonds is 9. The Morgan fingerprint density at radius 2 is 1.43 bits per heavy atom. The average molecular weight is 404 g/mol. The number of halogens is 1. The van der Waals surface area contributed by atoms with Gasteiger partial charge in [-0.1, -0.05) is 65.0 Å². The Hall–Kier alpha value is -1.51. The van der Waals surface area contributed by atoms with E-state index in [4.69, 9.17) is 4.74 Å². The fraction of sp³-hybridized carbons (Fsp3) is 0.520. The summed E-state index contributed by atoms with van der Waals surface area (Å²) in [7, 11) is 0. The van der Waals surface area contributed by atoms with Crippen molar-refractivity contribution in [2.75, 3.05) is 13.1 Å². The lowest BCUT2D eigenvalue weighted by atomic mass is 9.85. The fourth-order valence-electron chi connectivity index (χ4n) is 3.80. The van der Waals surface area contributed by atoms with Crippen LogP contribution in [0.2, 0.25) is 0 Å². The number of benzene rings is 2. The lowest BCUT2D eigenvalue weighted by Gasteiger charge is -2.42. The SMILES string of the molecule is CCc1c(Oc2ccccc2)cccc1C(C)(C)N(CC(C)C)CC(C)C.Cl. The van der Waals surface area contributed by atoms with Crippen LogP contribution in [0.3, 0.4) is 0 Å². The van der Waals surface area contributed by atoms with Crippen molar-refractivity contribution in [3.05, 3.63) is 59.7 Å². The molecule has 156 valence electrons. The van der Waals surface area contributed by atoms with E-state index in [1.165, 1.54) is 11.1 Å². The molecule has 0 aromatic heterocycles. The summed E-state index contributed by atoms with van der Waals surface area (Å²) < 4.78 is 6.26. The molecule has 3 heteroatoms. The molecule has 0 radical (unpaired) electrons. The summed E-state index contributed by atoms with van der Waals surface area (Å²) in [5.41, 5.74) is 2.64. The van der Waals surface area contributed by atoms with Crippen LogP contribution in [0, 0.1) is 11.8 Å². The summed E-state index contributed by atoms with van der Waals surface area (Å²) in [6.07, 6.45) is 0.957. The third kappa shape index (κ3) is 6.25. The number of ether oxygens (including phenoxy) is 1. The monoisotopic (exact) mass is 403 g/mol. The molecule has 0 atom stereocenters. The zero-order valence-corrected chi connectivity index (χ0v) is 19.5. The van der Waals surface area contributed by atoms with E-state index in [9.17, 15) is 0 Å². The van der Waals surface area contributed by atoms with Gasteiger partial charge in [-0.2, -0.15) is 0 Å². The van der Waals surface area contributed by atoms with Gasteiger partial charge in [0.2, 0.25) is 0 Å². The van der Waals surface area contributed by atoms with Crippen molar-refractivity contribution in [3.63, 3.8) is 0 Å². The zero-order chi connectivity index (χ0) is 20.0. The van der Waals surface area contributed by atoms with Gasteiger partial charge < -0.3 is 4.74 Å². The van der Waals surface area contributed by atoms with Crippen LogP contribution >= 0.6 is 12.4 Å². The molecule has 28 heavy (non-hydrogen) atoms. The van der Waals surface area contributed by atoms with Crippen LogP contribution in [0.5, 0.6) is 11.5 Å². The molecule has 0 bridgehead atoms. The standard InChI is InChI=1S/C25H37NO.ClH/c1-8-22-23(25(6,7)26(17-19(2)3)18-20(4)5)15-12-16-24(22)27-21-13-10-9-11-14-21;/h9-16,19-20H,8,17-18H2,1-7H3;1H. The molecule has 0 aliphatic heterocycles. The number of hydrogen-bond acceptors (Lipinski definition) is 2. The van der Waals surface area contributed by atoms with E-state index in [2.05, 4.69) is 71.6 Å². The van der Waals surface area contributed by atoms with Crippen molar-refractivity contribution in [1.82, 2.24) is 4.90 Å². The van der Waals surface area contributed by atoms with Crippen molar-refractivity contribution < 1.29 is 4.74 Å². The first kappa shape index (κ1) is 24.5. The molecule has 0 unspecified atom stereocenters. The normalized spacial score (nSPS) is 11.8. The smallest absolute Gasteiger partial charge is 0.130 e. The van der Waals surface area contributed by atoms with Gasteiger partial charge in [0.1, 0.15) is 11.5 Å². The fourth-order valence-corrected chi connectivity index (χ4v) is 3.80. The number of nitrogens with zero attached hydrogens (tertiary/aromatic N) is 1. The predicted octanol–water partition coefficient (Wildman–Crippen LogP) is 7.31. The zero-order valence-electron chi connectivity index (χ0n) is 18.7. The molecule has 2 aromatic carbocycles. The predicted molar refractivity (Wildman–Crippen MR) is 124 cm³/mol. The Kier molecular flexibility index (Phi) is 9.53. The summed E-state index contributed by atoms with van der Waals surface area (Å²) in [5.74, 6) is 3.14. The first-order valence-corrected chi connectivity index (χ1v) is 10.4.